The van der Waals surface area contributed by atoms with Crippen LogP contribution in [0.1, 0.15) is 109 Å². The number of hydrogen-bond donors (Lipinski definition) is 4. The third kappa shape index (κ3) is 28.1. The number of rotatable bonds is 28. The van der Waals surface area contributed by atoms with E-state index in [-0.39, 0.29) is 5.92 Å². The van der Waals surface area contributed by atoms with E-state index >= 15 is 0 Å². The van der Waals surface area contributed by atoms with Crippen molar-refractivity contribution < 1.29 is 49.7 Å². The highest BCUT2D eigenvalue weighted by Gasteiger charge is 2.32. The van der Waals surface area contributed by atoms with Gasteiger partial charge in [0.25, 0.3) is 0 Å². The van der Waals surface area contributed by atoms with Crippen molar-refractivity contribution in [2.45, 2.75) is 218 Å². The van der Waals surface area contributed by atoms with E-state index in [9.17, 15) is 30.7 Å². The summed E-state index contributed by atoms with van der Waals surface area (Å²) in [6.07, 6.45) is 11.3. The van der Waals surface area contributed by atoms with Gasteiger partial charge in [0, 0.05) is 129 Å². The first-order chi connectivity index (χ1) is 51.7. The van der Waals surface area contributed by atoms with E-state index in [0.717, 1.165) is 171 Å². The van der Waals surface area contributed by atoms with Gasteiger partial charge < -0.3 is 58.5 Å². The quantitative estimate of drug-likeness (QED) is 0.0209. The molecule has 4 aromatic heterocycles. The minimum Gasteiger partial charge on any atom is -0.361 e. The average molecular weight is 1580 g/mol. The van der Waals surface area contributed by atoms with E-state index in [4.69, 9.17) is 33.9 Å². The molecule has 0 bridgehead atoms. The van der Waals surface area contributed by atoms with E-state index < -0.39 is 67.3 Å². The van der Waals surface area contributed by atoms with Gasteiger partial charge in [0.15, 0.2) is 0 Å². The lowest BCUT2D eigenvalue weighted by Gasteiger charge is -2.24. The molecular formula is C82H121F7N12O4Si4. The maximum absolute atomic E-state index is 13.7. The molecule has 8 aromatic rings. The number of aromatic nitrogens is 8. The van der Waals surface area contributed by atoms with Gasteiger partial charge in [-0.3, -0.25) is 0 Å². The zero-order chi connectivity index (χ0) is 78.5. The molecule has 8 heterocycles. The molecule has 0 aliphatic carbocycles. The summed E-state index contributed by atoms with van der Waals surface area (Å²) in [6, 6.07) is 25.6. The van der Waals surface area contributed by atoms with Gasteiger partial charge in [0.2, 0.25) is 0 Å². The molecule has 0 spiro atoms. The number of hydrogen-bond acceptors (Lipinski definition) is 12. The van der Waals surface area contributed by atoms with Crippen molar-refractivity contribution in [3.8, 4) is 45.0 Å². The van der Waals surface area contributed by atoms with Crippen LogP contribution in [0.5, 0.6) is 0 Å². The van der Waals surface area contributed by atoms with Crippen LogP contribution in [0.15, 0.2) is 110 Å². The Morgan fingerprint density at radius 1 is 0.394 bits per heavy atom. The smallest absolute Gasteiger partial charge is 0.361 e. The summed E-state index contributed by atoms with van der Waals surface area (Å²) in [5.41, 5.74) is 6.33. The van der Waals surface area contributed by atoms with Crippen LogP contribution in [0.25, 0.3) is 45.0 Å². The molecule has 598 valence electrons. The lowest BCUT2D eigenvalue weighted by atomic mass is 9.97. The zero-order valence-corrected chi connectivity index (χ0v) is 70.9. The molecule has 4 aliphatic heterocycles. The van der Waals surface area contributed by atoms with Crippen LogP contribution >= 0.6 is 0 Å². The number of ether oxygens (including phenoxy) is 4. The molecule has 109 heavy (non-hydrogen) atoms. The molecule has 0 amide bonds. The third-order valence-electron chi connectivity index (χ3n) is 20.2. The topological polar surface area (TPSA) is 156 Å². The van der Waals surface area contributed by atoms with Gasteiger partial charge in [-0.1, -0.05) is 114 Å². The maximum Gasteiger partial charge on any atom is 0.416 e. The monoisotopic (exact) mass is 1580 g/mol. The predicted molar refractivity (Wildman–Crippen MR) is 436 cm³/mol. The van der Waals surface area contributed by atoms with Crippen LogP contribution in [0.4, 0.5) is 30.7 Å². The van der Waals surface area contributed by atoms with Gasteiger partial charge in [0.05, 0.1) is 40.7 Å². The van der Waals surface area contributed by atoms with E-state index in [1.807, 2.05) is 32.3 Å². The fourth-order valence-corrected chi connectivity index (χ4v) is 16.7. The summed E-state index contributed by atoms with van der Waals surface area (Å²) < 4.78 is 126. The van der Waals surface area contributed by atoms with Crippen LogP contribution in [0.3, 0.4) is 0 Å². The standard InChI is InChI=1S/C21H30F3N3OSi.C21H33N3OSi.2C20H29F2N3OSi/c1-29(2,3)12-11-28-15-27-14-19(26-20(27)16-7-9-25-10-8-16)17-5-4-6-18(13-17)21(22,23)24;1-17-6-5-7-19(14-17)20-15-23-21(18-8-10-22-11-9-18)24(20)16-25-12-13-26(2,3)4;1-27(2,3)9-8-26-14-25-13-19(16-10-17(21)12-18(22)11-16)24-20(25)15-4-6-23-7-5-15;1-27(2,3)9-8-26-14-25-19(16-10-17(21)12-18(22)11-16)13-24-20(25)15-4-6-23-7-5-15/h4-6,13-14,16,25H,7-12,15H2,1-3H3;5-7,14-15,18,22H,8-13,16H2,1-4H3;2*10-13,15,23H,4-9,14H2,1-3H3. The second kappa shape index (κ2) is 40.5. The molecule has 27 heteroatoms. The van der Waals surface area contributed by atoms with Gasteiger partial charge in [-0.25, -0.2) is 37.5 Å². The third-order valence-corrected chi connectivity index (χ3v) is 27.0. The van der Waals surface area contributed by atoms with Crippen LogP contribution in [-0.2, 0) is 52.0 Å². The second-order valence-electron chi connectivity index (χ2n) is 34.5. The number of aryl methyl sites for hydroxylation is 1. The SMILES string of the molecule is C[Si](C)(C)CCOCn1c(-c2cc(F)cc(F)c2)cnc1C1CCNCC1.C[Si](C)(C)CCOCn1cc(-c2cc(F)cc(F)c2)nc1C1CCNCC1.C[Si](C)(C)CCOCn1cc(-c2cccc(C(F)(F)F)c2)nc1C1CCNCC1.Cc1cccc(-c2cnc(C3CCNCC3)n2COCC[Si](C)(C)C)c1. The highest BCUT2D eigenvalue weighted by atomic mass is 28.3. The summed E-state index contributed by atoms with van der Waals surface area (Å²) in [4.78, 5) is 19.0. The molecule has 0 unspecified atom stereocenters. The molecule has 4 N–H and O–H groups in total. The number of nitrogens with zero attached hydrogens (tertiary/aromatic N) is 8. The van der Waals surface area contributed by atoms with Crippen LogP contribution in [0.2, 0.25) is 103 Å². The number of alkyl halides is 3. The Balaban J connectivity index is 0.000000168. The lowest BCUT2D eigenvalue weighted by Crippen LogP contribution is -2.28. The van der Waals surface area contributed by atoms with Crippen LogP contribution in [0, 0.1) is 30.2 Å². The lowest BCUT2D eigenvalue weighted by molar-refractivity contribution is -0.137. The average Bonchev–Trinajstić information content (AvgIpc) is 1.69. The van der Waals surface area contributed by atoms with E-state index in [0.29, 0.717) is 91.7 Å². The van der Waals surface area contributed by atoms with Gasteiger partial charge in [0.1, 0.15) is 73.5 Å². The molecule has 4 aromatic carbocycles. The highest BCUT2D eigenvalue weighted by Crippen LogP contribution is 2.37. The Bertz CT molecular complexity index is 4040. The number of benzene rings is 4. The Morgan fingerprint density at radius 3 is 1.09 bits per heavy atom. The zero-order valence-electron chi connectivity index (χ0n) is 66.9. The molecule has 4 fully saturated rings. The first-order valence-corrected chi connectivity index (χ1v) is 54.1. The van der Waals surface area contributed by atoms with Crippen molar-refractivity contribution in [2.75, 3.05) is 78.8 Å². The first kappa shape index (κ1) is 86.8. The molecular weight excluding hydrogens is 1460 g/mol. The summed E-state index contributed by atoms with van der Waals surface area (Å²) >= 11 is 0. The Kier molecular flexibility index (Phi) is 32.2. The number of halogens is 7. The van der Waals surface area contributed by atoms with Crippen molar-refractivity contribution in [3.05, 3.63) is 167 Å². The van der Waals surface area contributed by atoms with Gasteiger partial charge in [-0.05, 0) is 177 Å². The number of piperidine rings is 4. The Morgan fingerprint density at radius 2 is 0.725 bits per heavy atom. The van der Waals surface area contributed by atoms with Crippen molar-refractivity contribution in [3.63, 3.8) is 0 Å². The molecule has 16 nitrogen and oxygen atoms in total. The normalized spacial score (nSPS) is 16.1. The fourth-order valence-electron chi connectivity index (χ4n) is 13.7. The minimum absolute atomic E-state index is 0.288. The van der Waals surface area contributed by atoms with Gasteiger partial charge in [-0.15, -0.1) is 0 Å². The van der Waals surface area contributed by atoms with E-state index in [2.05, 4.69) is 141 Å². The van der Waals surface area contributed by atoms with Crippen LogP contribution in [-0.4, -0.2) is 149 Å². The number of imidazole rings is 4. The molecule has 4 aliphatic rings. The van der Waals surface area contributed by atoms with Crippen molar-refractivity contribution in [1.29, 1.82) is 0 Å². The molecule has 12 rings (SSSR count). The molecule has 0 radical (unpaired) electrons. The first-order valence-electron chi connectivity index (χ1n) is 39.3. The predicted octanol–water partition coefficient (Wildman–Crippen LogP) is 19.2. The van der Waals surface area contributed by atoms with Gasteiger partial charge in [-0.2, -0.15) is 13.2 Å². The Labute approximate surface area is 647 Å². The molecule has 4 saturated heterocycles. The van der Waals surface area contributed by atoms with Gasteiger partial charge >= 0.3 is 6.18 Å². The number of nitrogens with one attached hydrogen (secondary N) is 4. The summed E-state index contributed by atoms with van der Waals surface area (Å²) in [5.74, 6) is 3.13. The molecule has 0 saturated carbocycles. The fraction of sp³-hybridized carbons (Fsp3) is 0.561. The summed E-state index contributed by atoms with van der Waals surface area (Å²) in [5, 5.41) is 13.5. The largest absolute Gasteiger partial charge is 0.416 e. The van der Waals surface area contributed by atoms with E-state index in [1.165, 1.54) is 65.1 Å². The van der Waals surface area contributed by atoms with Crippen molar-refractivity contribution in [2.24, 2.45) is 0 Å². The van der Waals surface area contributed by atoms with E-state index in [1.54, 1.807) is 12.3 Å². The molecule has 0 atom stereocenters. The van der Waals surface area contributed by atoms with Crippen molar-refractivity contribution in [1.82, 2.24) is 59.5 Å². The second-order valence-corrected chi connectivity index (χ2v) is 57.0. The van der Waals surface area contributed by atoms with Crippen LogP contribution < -0.4 is 21.3 Å². The van der Waals surface area contributed by atoms with Crippen molar-refractivity contribution >= 4 is 32.3 Å². The maximum atomic E-state index is 13.7. The summed E-state index contributed by atoms with van der Waals surface area (Å²) in [7, 11) is -4.56. The summed E-state index contributed by atoms with van der Waals surface area (Å²) in [6.45, 7) is 42.7. The Hall–Kier alpha value is -6.22. The minimum atomic E-state index is -4.36. The highest BCUT2D eigenvalue weighted by molar-refractivity contribution is 6.77.